The number of hydrogen-bond acceptors (Lipinski definition) is 8. The highest BCUT2D eigenvalue weighted by Crippen LogP contribution is 2.44. The molecular weight excluding hydrogens is 432 g/mol. The number of allylic oxidation sites excluding steroid dienone is 6. The molecule has 0 aromatic rings. The molecule has 7 nitrogen and oxygen atoms in total. The molecule has 0 amide bonds. The Kier molecular flexibility index (Phi) is 9.84. The maximum absolute atomic E-state index is 9.21. The number of rotatable bonds is 7. The largest absolute Gasteiger partial charge is 0.488 e. The van der Waals surface area contributed by atoms with E-state index < -0.39 is 4.87 Å². The quantitative estimate of drug-likeness (QED) is 0.247. The van der Waals surface area contributed by atoms with Crippen LogP contribution in [0.1, 0.15) is 40.0 Å². The van der Waals surface area contributed by atoms with Gasteiger partial charge < -0.3 is 15.4 Å². The van der Waals surface area contributed by atoms with Crippen molar-refractivity contribution in [2.75, 3.05) is 6.54 Å². The van der Waals surface area contributed by atoms with E-state index in [9.17, 15) is 21.0 Å². The zero-order valence-corrected chi connectivity index (χ0v) is 19.9. The highest BCUT2D eigenvalue weighted by Gasteiger charge is 2.45. The van der Waals surface area contributed by atoms with E-state index in [1.807, 2.05) is 50.4 Å². The number of hydrogen-bond donors (Lipinski definition) is 2. The maximum atomic E-state index is 9.21. The third-order valence-electron chi connectivity index (χ3n) is 5.49. The molecular formula is C25H28N6OS. The van der Waals surface area contributed by atoms with Gasteiger partial charge in [-0.05, 0) is 38.5 Å². The molecule has 1 aliphatic carbocycles. The van der Waals surface area contributed by atoms with Gasteiger partial charge in [0.05, 0.1) is 10.9 Å². The average Bonchev–Trinajstić information content (AvgIpc) is 3.08. The standard InChI is InChI=1S/C25H28N6OS/c1-4-8-20(11-18(13-26)14-27)32-23-10-7-6-9-22-24(23)30-17-21(12-19(15-28)16-29)33-25(22,3)31-5-2/h6-8,11-12,17,22-24,30-31H,4-5,9-10H2,1-3H3/b20-8-/t22-,23+,24?,25?/m1/s1. The highest BCUT2D eigenvalue weighted by atomic mass is 32.2. The summed E-state index contributed by atoms with van der Waals surface area (Å²) in [5.74, 6) is 0.609. The average molecular weight is 461 g/mol. The fourth-order valence-electron chi connectivity index (χ4n) is 4.04. The SMILES string of the molecule is CC/C=C(/C=C(C#N)C#N)O[C@H]1CC=CC[C@@H]2C1NC=C(C=C(C#N)C#N)SC2(C)NCC. The Bertz CT molecular complexity index is 1010. The number of nitriles is 4. The predicted octanol–water partition coefficient (Wildman–Crippen LogP) is 4.45. The third-order valence-corrected chi connectivity index (χ3v) is 6.83. The van der Waals surface area contributed by atoms with Gasteiger partial charge in [0.15, 0.2) is 0 Å². The molecule has 4 atom stereocenters. The molecule has 33 heavy (non-hydrogen) atoms. The van der Waals surface area contributed by atoms with Gasteiger partial charge in [0.25, 0.3) is 0 Å². The van der Waals surface area contributed by atoms with Gasteiger partial charge in [-0.2, -0.15) is 21.0 Å². The minimum atomic E-state index is -0.396. The molecule has 8 heteroatoms. The van der Waals surface area contributed by atoms with Gasteiger partial charge in [-0.25, -0.2) is 0 Å². The Balaban J connectivity index is 2.49. The summed E-state index contributed by atoms with van der Waals surface area (Å²) in [6.45, 7) is 6.90. The lowest BCUT2D eigenvalue weighted by Crippen LogP contribution is -2.55. The lowest BCUT2D eigenvalue weighted by Gasteiger charge is -2.42. The van der Waals surface area contributed by atoms with Crippen LogP contribution in [0.5, 0.6) is 0 Å². The first kappa shape index (κ1) is 25.8. The van der Waals surface area contributed by atoms with E-state index in [0.717, 1.165) is 17.9 Å². The lowest BCUT2D eigenvalue weighted by atomic mass is 9.86. The summed E-state index contributed by atoms with van der Waals surface area (Å²) in [4.78, 5) is 0.389. The molecule has 2 N–H and O–H groups in total. The second-order valence-electron chi connectivity index (χ2n) is 7.76. The molecule has 0 radical (unpaired) electrons. The number of nitrogens with one attached hydrogen (secondary N) is 2. The van der Waals surface area contributed by atoms with Gasteiger partial charge in [-0.3, -0.25) is 0 Å². The Morgan fingerprint density at radius 1 is 1.15 bits per heavy atom. The highest BCUT2D eigenvalue weighted by molar-refractivity contribution is 8.04. The fraction of sp³-hybridized carbons (Fsp3) is 0.440. The second-order valence-corrected chi connectivity index (χ2v) is 9.29. The van der Waals surface area contributed by atoms with E-state index >= 15 is 0 Å². The van der Waals surface area contributed by atoms with Crippen molar-refractivity contribution in [1.82, 2.24) is 10.6 Å². The van der Waals surface area contributed by atoms with Gasteiger partial charge in [0.1, 0.15) is 47.3 Å². The molecule has 0 aromatic carbocycles. The first-order valence-corrected chi connectivity index (χ1v) is 11.7. The molecule has 0 saturated carbocycles. The Morgan fingerprint density at radius 3 is 2.42 bits per heavy atom. The van der Waals surface area contributed by atoms with Crippen molar-refractivity contribution >= 4 is 11.8 Å². The summed E-state index contributed by atoms with van der Waals surface area (Å²) in [5.41, 5.74) is 0.0353. The van der Waals surface area contributed by atoms with Gasteiger partial charge in [0.2, 0.25) is 0 Å². The maximum Gasteiger partial charge on any atom is 0.133 e. The summed E-state index contributed by atoms with van der Waals surface area (Å²) >= 11 is 1.59. The van der Waals surface area contributed by atoms with E-state index in [1.165, 1.54) is 6.08 Å². The Hall–Kier alpha value is -3.43. The normalized spacial score (nSPS) is 26.2. The molecule has 1 heterocycles. The minimum absolute atomic E-state index is 0.00913. The van der Waals surface area contributed by atoms with Crippen molar-refractivity contribution in [3.8, 4) is 24.3 Å². The smallest absolute Gasteiger partial charge is 0.133 e. The van der Waals surface area contributed by atoms with Crippen molar-refractivity contribution in [2.45, 2.75) is 57.1 Å². The Labute approximate surface area is 200 Å². The second kappa shape index (κ2) is 12.6. The summed E-state index contributed by atoms with van der Waals surface area (Å²) in [6.07, 6.45) is 13.0. The summed E-state index contributed by atoms with van der Waals surface area (Å²) in [5, 5.41) is 43.9. The molecule has 2 aliphatic rings. The van der Waals surface area contributed by atoms with Crippen LogP contribution in [0, 0.1) is 51.2 Å². The fourth-order valence-corrected chi connectivity index (χ4v) is 5.44. The van der Waals surface area contributed by atoms with E-state index in [2.05, 4.69) is 29.7 Å². The lowest BCUT2D eigenvalue weighted by molar-refractivity contribution is 0.0637. The van der Waals surface area contributed by atoms with Crippen molar-refractivity contribution in [3.05, 3.63) is 58.4 Å². The number of ether oxygens (including phenoxy) is 1. The van der Waals surface area contributed by atoms with Crippen LogP contribution in [0.3, 0.4) is 0 Å². The van der Waals surface area contributed by atoms with Crippen LogP contribution < -0.4 is 10.6 Å². The van der Waals surface area contributed by atoms with Crippen molar-refractivity contribution in [3.63, 3.8) is 0 Å². The zero-order valence-electron chi connectivity index (χ0n) is 19.1. The number of nitrogens with zero attached hydrogens (tertiary/aromatic N) is 4. The van der Waals surface area contributed by atoms with Gasteiger partial charge >= 0.3 is 0 Å². The van der Waals surface area contributed by atoms with Crippen LogP contribution >= 0.6 is 11.8 Å². The van der Waals surface area contributed by atoms with Gasteiger partial charge in [-0.15, -0.1) is 11.8 Å². The molecule has 170 valence electrons. The molecule has 0 spiro atoms. The molecule has 0 bridgehead atoms. The first-order chi connectivity index (χ1) is 15.9. The zero-order chi connectivity index (χ0) is 24.3. The third kappa shape index (κ3) is 6.77. The van der Waals surface area contributed by atoms with Crippen LogP contribution in [0.25, 0.3) is 0 Å². The van der Waals surface area contributed by atoms with E-state index in [0.29, 0.717) is 18.6 Å². The van der Waals surface area contributed by atoms with Crippen LogP contribution in [0.2, 0.25) is 0 Å². The van der Waals surface area contributed by atoms with Crippen molar-refractivity contribution < 1.29 is 4.74 Å². The topological polar surface area (TPSA) is 128 Å². The molecule has 2 rings (SSSR count). The van der Waals surface area contributed by atoms with Crippen LogP contribution in [0.4, 0.5) is 0 Å². The van der Waals surface area contributed by atoms with E-state index in [1.54, 1.807) is 17.8 Å². The molecule has 2 unspecified atom stereocenters. The summed E-state index contributed by atoms with van der Waals surface area (Å²) < 4.78 is 6.38. The van der Waals surface area contributed by atoms with Crippen LogP contribution in [0.15, 0.2) is 58.4 Å². The molecule has 1 aliphatic heterocycles. The van der Waals surface area contributed by atoms with E-state index in [-0.39, 0.29) is 29.2 Å². The van der Waals surface area contributed by atoms with Crippen LogP contribution in [-0.2, 0) is 4.74 Å². The summed E-state index contributed by atoms with van der Waals surface area (Å²) in [6, 6.07) is 7.53. The minimum Gasteiger partial charge on any atom is -0.488 e. The van der Waals surface area contributed by atoms with Gasteiger partial charge in [-0.1, -0.05) is 26.0 Å². The predicted molar refractivity (Wildman–Crippen MR) is 128 cm³/mol. The van der Waals surface area contributed by atoms with E-state index in [4.69, 9.17) is 4.74 Å². The van der Waals surface area contributed by atoms with Crippen molar-refractivity contribution in [1.29, 1.82) is 21.0 Å². The number of thioether (sulfide) groups is 1. The Morgan fingerprint density at radius 2 is 1.82 bits per heavy atom. The molecule has 0 saturated heterocycles. The first-order valence-electron chi connectivity index (χ1n) is 10.9. The van der Waals surface area contributed by atoms with Crippen LogP contribution in [-0.4, -0.2) is 23.6 Å². The van der Waals surface area contributed by atoms with Gasteiger partial charge in [0, 0.05) is 29.5 Å². The molecule has 0 fully saturated rings. The van der Waals surface area contributed by atoms with Crippen molar-refractivity contribution in [2.24, 2.45) is 5.92 Å². The monoisotopic (exact) mass is 460 g/mol. The number of fused-ring (bicyclic) bond motifs is 1. The molecule has 0 aromatic heterocycles. The summed E-state index contributed by atoms with van der Waals surface area (Å²) in [7, 11) is 0.